The second-order valence-electron chi connectivity index (χ2n) is 5.24. The van der Waals surface area contributed by atoms with Crippen molar-refractivity contribution in [2.24, 2.45) is 0 Å². The molecule has 0 amide bonds. The summed E-state index contributed by atoms with van der Waals surface area (Å²) in [4.78, 5) is 0. The molecule has 20 heavy (non-hydrogen) atoms. The Kier molecular flexibility index (Phi) is 8.91. The van der Waals surface area contributed by atoms with Crippen molar-refractivity contribution >= 4 is 8.80 Å². The molecule has 0 aromatic rings. The van der Waals surface area contributed by atoms with Gasteiger partial charge in [0.15, 0.2) is 0 Å². The third kappa shape index (κ3) is 6.65. The van der Waals surface area contributed by atoms with Gasteiger partial charge in [-0.25, -0.2) is 0 Å². The Bertz CT molecular complexity index is 235. The molecular formula is C14H30O5Si. The minimum atomic E-state index is -2.48. The summed E-state index contributed by atoms with van der Waals surface area (Å²) in [6.45, 7) is 3.76. The molecule has 0 aliphatic carbocycles. The van der Waals surface area contributed by atoms with E-state index in [4.69, 9.17) is 22.8 Å². The molecule has 5 nitrogen and oxygen atoms in total. The molecule has 0 aromatic heterocycles. The maximum absolute atomic E-state index is 5.97. The lowest BCUT2D eigenvalue weighted by atomic mass is 10.1. The highest BCUT2D eigenvalue weighted by molar-refractivity contribution is 6.60. The second kappa shape index (κ2) is 9.86. The number of epoxide rings is 1. The van der Waals surface area contributed by atoms with E-state index in [1.54, 1.807) is 21.3 Å². The number of rotatable bonds is 13. The van der Waals surface area contributed by atoms with E-state index in [2.05, 4.69) is 6.92 Å². The first-order chi connectivity index (χ1) is 9.69. The zero-order valence-corrected chi connectivity index (χ0v) is 14.4. The predicted octanol–water partition coefficient (Wildman–Crippen LogP) is 2.62. The average molecular weight is 306 g/mol. The Morgan fingerprint density at radius 2 is 1.75 bits per heavy atom. The van der Waals surface area contributed by atoms with Gasteiger partial charge in [0.1, 0.15) is 6.10 Å². The zero-order valence-electron chi connectivity index (χ0n) is 13.4. The van der Waals surface area contributed by atoms with E-state index in [0.29, 0.717) is 12.7 Å². The van der Waals surface area contributed by atoms with Crippen LogP contribution in [0.4, 0.5) is 0 Å². The van der Waals surface area contributed by atoms with Crippen LogP contribution in [-0.2, 0) is 22.8 Å². The minimum absolute atomic E-state index is 0.248. The smallest absolute Gasteiger partial charge is 0.377 e. The van der Waals surface area contributed by atoms with Crippen LogP contribution in [0.2, 0.25) is 6.04 Å². The number of ether oxygens (including phenoxy) is 2. The lowest BCUT2D eigenvalue weighted by molar-refractivity contribution is 0.0285. The van der Waals surface area contributed by atoms with E-state index >= 15 is 0 Å². The van der Waals surface area contributed by atoms with Crippen LogP contribution < -0.4 is 0 Å². The Morgan fingerprint density at radius 1 is 1.10 bits per heavy atom. The summed E-state index contributed by atoms with van der Waals surface area (Å²) in [6, 6.07) is 0.790. The maximum atomic E-state index is 5.97. The van der Waals surface area contributed by atoms with Crippen molar-refractivity contribution in [1.29, 1.82) is 0 Å². The van der Waals surface area contributed by atoms with Crippen LogP contribution >= 0.6 is 0 Å². The van der Waals surface area contributed by atoms with E-state index in [-0.39, 0.29) is 6.10 Å². The molecule has 0 radical (unpaired) electrons. The van der Waals surface area contributed by atoms with Gasteiger partial charge in [0, 0.05) is 27.4 Å². The van der Waals surface area contributed by atoms with Crippen LogP contribution in [0.5, 0.6) is 0 Å². The van der Waals surface area contributed by atoms with Crippen LogP contribution in [0, 0.1) is 0 Å². The van der Waals surface area contributed by atoms with Gasteiger partial charge >= 0.3 is 8.80 Å². The number of hydrogen-bond donors (Lipinski definition) is 0. The Morgan fingerprint density at radius 3 is 2.25 bits per heavy atom. The molecule has 1 aliphatic heterocycles. The number of hydrogen-bond acceptors (Lipinski definition) is 5. The van der Waals surface area contributed by atoms with Crippen molar-refractivity contribution in [3.05, 3.63) is 0 Å². The lowest BCUT2D eigenvalue weighted by Gasteiger charge is -2.26. The molecule has 2 unspecified atom stereocenters. The van der Waals surface area contributed by atoms with E-state index < -0.39 is 8.80 Å². The summed E-state index contributed by atoms with van der Waals surface area (Å²) in [5, 5.41) is 0. The SMILES string of the molecule is CCCCCC(CC[Si](OC)(OC)OC)OCC1CO1. The first-order valence-electron chi connectivity index (χ1n) is 7.58. The topological polar surface area (TPSA) is 49.5 Å². The molecule has 1 heterocycles. The predicted molar refractivity (Wildman–Crippen MR) is 79.8 cm³/mol. The van der Waals surface area contributed by atoms with Crippen molar-refractivity contribution in [2.75, 3.05) is 34.5 Å². The van der Waals surface area contributed by atoms with Crippen LogP contribution in [0.15, 0.2) is 0 Å². The van der Waals surface area contributed by atoms with Crippen molar-refractivity contribution in [1.82, 2.24) is 0 Å². The van der Waals surface area contributed by atoms with Gasteiger partial charge in [0.2, 0.25) is 0 Å². The van der Waals surface area contributed by atoms with Crippen molar-refractivity contribution in [2.45, 2.75) is 57.3 Å². The highest BCUT2D eigenvalue weighted by atomic mass is 28.4. The normalized spacial score (nSPS) is 20.1. The lowest BCUT2D eigenvalue weighted by Crippen LogP contribution is -2.43. The molecule has 1 fully saturated rings. The summed E-state index contributed by atoms with van der Waals surface area (Å²) in [7, 11) is 2.49. The molecule has 120 valence electrons. The summed E-state index contributed by atoms with van der Waals surface area (Å²) in [6.07, 6.45) is 6.25. The fourth-order valence-electron chi connectivity index (χ4n) is 2.23. The summed E-state index contributed by atoms with van der Waals surface area (Å²) in [5.41, 5.74) is 0. The third-order valence-corrected chi connectivity index (χ3v) is 6.52. The quantitative estimate of drug-likeness (QED) is 0.297. The summed E-state index contributed by atoms with van der Waals surface area (Å²) >= 11 is 0. The Labute approximate surface area is 124 Å². The van der Waals surface area contributed by atoms with Crippen molar-refractivity contribution < 1.29 is 22.8 Å². The van der Waals surface area contributed by atoms with Crippen LogP contribution in [0.1, 0.15) is 39.0 Å². The van der Waals surface area contributed by atoms with Gasteiger partial charge in [0.25, 0.3) is 0 Å². The van der Waals surface area contributed by atoms with Crippen molar-refractivity contribution in [3.63, 3.8) is 0 Å². The molecule has 1 saturated heterocycles. The fourth-order valence-corrected chi connectivity index (χ4v) is 4.02. The van der Waals surface area contributed by atoms with Crippen LogP contribution in [0.25, 0.3) is 0 Å². The van der Waals surface area contributed by atoms with Gasteiger partial charge in [-0.3, -0.25) is 0 Å². The van der Waals surface area contributed by atoms with Gasteiger partial charge in [-0.2, -0.15) is 0 Å². The highest BCUT2D eigenvalue weighted by Crippen LogP contribution is 2.22. The Balaban J connectivity index is 2.35. The maximum Gasteiger partial charge on any atom is 0.500 e. The van der Waals surface area contributed by atoms with Gasteiger partial charge in [-0.15, -0.1) is 0 Å². The molecule has 1 rings (SSSR count). The largest absolute Gasteiger partial charge is 0.500 e. The first kappa shape index (κ1) is 18.1. The van der Waals surface area contributed by atoms with Gasteiger partial charge in [0.05, 0.1) is 19.3 Å². The standard InChI is InChI=1S/C14H30O5Si/c1-5-6-7-8-13(18-11-14-12-19-14)9-10-20(15-2,16-3)17-4/h13-14H,5-12H2,1-4H3. The van der Waals surface area contributed by atoms with Crippen LogP contribution in [0.3, 0.4) is 0 Å². The molecule has 6 heteroatoms. The molecular weight excluding hydrogens is 276 g/mol. The van der Waals surface area contributed by atoms with Gasteiger partial charge in [-0.1, -0.05) is 26.2 Å². The highest BCUT2D eigenvalue weighted by Gasteiger charge is 2.38. The van der Waals surface area contributed by atoms with Gasteiger partial charge in [-0.05, 0) is 12.8 Å². The number of unbranched alkanes of at least 4 members (excludes halogenated alkanes) is 2. The summed E-state index contributed by atoms with van der Waals surface area (Å²) < 4.78 is 27.6. The third-order valence-electron chi connectivity index (χ3n) is 3.76. The average Bonchev–Trinajstić information content (AvgIpc) is 3.30. The molecule has 0 saturated carbocycles. The van der Waals surface area contributed by atoms with Crippen molar-refractivity contribution in [3.8, 4) is 0 Å². The van der Waals surface area contributed by atoms with E-state index in [1.165, 1.54) is 19.3 Å². The fraction of sp³-hybridized carbons (Fsp3) is 1.00. The zero-order chi connectivity index (χ0) is 14.8. The monoisotopic (exact) mass is 306 g/mol. The van der Waals surface area contributed by atoms with E-state index in [9.17, 15) is 0 Å². The molecule has 2 atom stereocenters. The summed E-state index contributed by atoms with van der Waals surface area (Å²) in [5.74, 6) is 0. The van der Waals surface area contributed by atoms with E-state index in [1.807, 2.05) is 0 Å². The van der Waals surface area contributed by atoms with Crippen LogP contribution in [-0.4, -0.2) is 55.6 Å². The van der Waals surface area contributed by atoms with Gasteiger partial charge < -0.3 is 22.8 Å². The second-order valence-corrected chi connectivity index (χ2v) is 8.33. The molecule has 1 aliphatic rings. The molecule has 0 N–H and O–H groups in total. The molecule has 0 bridgehead atoms. The first-order valence-corrected chi connectivity index (χ1v) is 9.51. The Hall–Kier alpha value is 0.0169. The minimum Gasteiger partial charge on any atom is -0.377 e. The van der Waals surface area contributed by atoms with E-state index in [0.717, 1.165) is 25.5 Å². The molecule has 0 spiro atoms. The molecule has 0 aromatic carbocycles.